The summed E-state index contributed by atoms with van der Waals surface area (Å²) in [5, 5.41) is 5.54. The van der Waals surface area contributed by atoms with Crippen LogP contribution in [0, 0.1) is 6.92 Å². The number of carbonyl (C=O) groups excluding carboxylic acids is 1. The zero-order chi connectivity index (χ0) is 9.84. The zero-order valence-corrected chi connectivity index (χ0v) is 10.0. The lowest BCUT2D eigenvalue weighted by Crippen LogP contribution is -2.33. The van der Waals surface area contributed by atoms with Gasteiger partial charge >= 0.3 is 0 Å². The summed E-state index contributed by atoms with van der Waals surface area (Å²) >= 11 is 4.90. The molecule has 0 aliphatic rings. The number of nitrogens with one attached hydrogen (secondary N) is 1. The van der Waals surface area contributed by atoms with Crippen LogP contribution in [0.15, 0.2) is 11.4 Å². The van der Waals surface area contributed by atoms with Gasteiger partial charge in [-0.05, 0) is 19.9 Å². The first-order valence-electron chi connectivity index (χ1n) is 4.05. The fraction of sp³-hybridized carbons (Fsp3) is 0.444. The van der Waals surface area contributed by atoms with Crippen molar-refractivity contribution in [3.05, 3.63) is 21.9 Å². The highest BCUT2D eigenvalue weighted by Crippen LogP contribution is 2.12. The van der Waals surface area contributed by atoms with Crippen molar-refractivity contribution in [3.8, 4) is 0 Å². The molecule has 0 aliphatic carbocycles. The van der Waals surface area contributed by atoms with Gasteiger partial charge in [0.25, 0.3) is 5.91 Å². The monoisotopic (exact) mass is 261 g/mol. The molecule has 1 rings (SSSR count). The molecule has 1 N–H and O–H groups in total. The predicted octanol–water partition coefficient (Wildman–Crippen LogP) is 2.57. The van der Waals surface area contributed by atoms with E-state index in [0.717, 1.165) is 15.8 Å². The topological polar surface area (TPSA) is 29.1 Å². The van der Waals surface area contributed by atoms with Crippen molar-refractivity contribution in [2.75, 3.05) is 5.33 Å². The Kier molecular flexibility index (Phi) is 3.93. The van der Waals surface area contributed by atoms with E-state index in [1.54, 1.807) is 11.3 Å². The SMILES string of the molecule is Cc1cc(C(=O)NC(C)CBr)cs1. The number of aryl methyl sites for hydroxylation is 1. The van der Waals surface area contributed by atoms with Crippen LogP contribution in [-0.4, -0.2) is 17.3 Å². The third-order valence-corrected chi connectivity index (χ3v) is 3.43. The number of rotatable bonds is 3. The number of thiophene rings is 1. The molecule has 13 heavy (non-hydrogen) atoms. The van der Waals surface area contributed by atoms with Gasteiger partial charge in [-0.15, -0.1) is 11.3 Å². The maximum atomic E-state index is 11.5. The highest BCUT2D eigenvalue weighted by atomic mass is 79.9. The molecule has 1 amide bonds. The van der Waals surface area contributed by atoms with Crippen LogP contribution < -0.4 is 5.32 Å². The molecule has 1 aromatic rings. The summed E-state index contributed by atoms with van der Waals surface area (Å²) in [7, 11) is 0. The smallest absolute Gasteiger partial charge is 0.252 e. The molecule has 0 aromatic carbocycles. The molecular weight excluding hydrogens is 250 g/mol. The number of amides is 1. The summed E-state index contributed by atoms with van der Waals surface area (Å²) in [6.07, 6.45) is 0. The highest BCUT2D eigenvalue weighted by molar-refractivity contribution is 9.09. The van der Waals surface area contributed by atoms with Gasteiger partial charge in [0.05, 0.1) is 5.56 Å². The minimum atomic E-state index is 0.0105. The number of alkyl halides is 1. The maximum Gasteiger partial charge on any atom is 0.252 e. The van der Waals surface area contributed by atoms with Gasteiger partial charge in [0.15, 0.2) is 0 Å². The number of hydrogen-bond donors (Lipinski definition) is 1. The Hall–Kier alpha value is -0.350. The summed E-state index contributed by atoms with van der Waals surface area (Å²) in [5.41, 5.74) is 0.760. The molecule has 0 saturated heterocycles. The maximum absolute atomic E-state index is 11.5. The van der Waals surface area contributed by atoms with Gasteiger partial charge in [0.1, 0.15) is 0 Å². The minimum Gasteiger partial charge on any atom is -0.349 e. The number of carbonyl (C=O) groups is 1. The largest absolute Gasteiger partial charge is 0.349 e. The van der Waals surface area contributed by atoms with Crippen molar-refractivity contribution >= 4 is 33.2 Å². The fourth-order valence-electron chi connectivity index (χ4n) is 0.908. The van der Waals surface area contributed by atoms with E-state index in [2.05, 4.69) is 21.2 Å². The Balaban J connectivity index is 2.58. The molecule has 72 valence electrons. The fourth-order valence-corrected chi connectivity index (χ4v) is 1.75. The molecule has 1 aromatic heterocycles. The van der Waals surface area contributed by atoms with Crippen LogP contribution in [0.1, 0.15) is 22.2 Å². The third-order valence-electron chi connectivity index (χ3n) is 1.60. The Labute approximate surface area is 90.5 Å². The van der Waals surface area contributed by atoms with Gasteiger partial charge in [-0.25, -0.2) is 0 Å². The lowest BCUT2D eigenvalue weighted by atomic mass is 10.3. The Morgan fingerprint density at radius 3 is 2.92 bits per heavy atom. The minimum absolute atomic E-state index is 0.0105. The molecule has 0 fully saturated rings. The summed E-state index contributed by atoms with van der Waals surface area (Å²) in [6, 6.07) is 2.08. The Bertz CT molecular complexity index is 298. The molecule has 1 heterocycles. The molecule has 1 unspecified atom stereocenters. The van der Waals surface area contributed by atoms with Crippen LogP contribution in [-0.2, 0) is 0 Å². The van der Waals surface area contributed by atoms with Gasteiger partial charge in [-0.2, -0.15) is 0 Å². The summed E-state index contributed by atoms with van der Waals surface area (Å²) < 4.78 is 0. The molecule has 2 nitrogen and oxygen atoms in total. The van der Waals surface area contributed by atoms with E-state index < -0.39 is 0 Å². The van der Waals surface area contributed by atoms with Gasteiger partial charge in [-0.1, -0.05) is 15.9 Å². The first-order chi connectivity index (χ1) is 6.13. The van der Waals surface area contributed by atoms with E-state index in [0.29, 0.717) is 0 Å². The van der Waals surface area contributed by atoms with Crippen LogP contribution in [0.5, 0.6) is 0 Å². The van der Waals surface area contributed by atoms with Crippen molar-refractivity contribution in [3.63, 3.8) is 0 Å². The van der Waals surface area contributed by atoms with Crippen LogP contribution in [0.3, 0.4) is 0 Å². The van der Waals surface area contributed by atoms with Crippen LogP contribution in [0.2, 0.25) is 0 Å². The van der Waals surface area contributed by atoms with Crippen molar-refractivity contribution < 1.29 is 4.79 Å². The highest BCUT2D eigenvalue weighted by Gasteiger charge is 2.09. The van der Waals surface area contributed by atoms with Crippen molar-refractivity contribution in [1.82, 2.24) is 5.32 Å². The van der Waals surface area contributed by atoms with E-state index in [9.17, 15) is 4.79 Å². The van der Waals surface area contributed by atoms with Crippen molar-refractivity contribution in [1.29, 1.82) is 0 Å². The van der Waals surface area contributed by atoms with Crippen LogP contribution >= 0.6 is 27.3 Å². The number of hydrogen-bond acceptors (Lipinski definition) is 2. The van der Waals surface area contributed by atoms with Crippen molar-refractivity contribution in [2.24, 2.45) is 0 Å². The average molecular weight is 262 g/mol. The Morgan fingerprint density at radius 2 is 2.46 bits per heavy atom. The van der Waals surface area contributed by atoms with Crippen LogP contribution in [0.25, 0.3) is 0 Å². The molecule has 0 aliphatic heterocycles. The molecule has 1 atom stereocenters. The molecule has 0 spiro atoms. The molecule has 0 saturated carbocycles. The summed E-state index contributed by atoms with van der Waals surface area (Å²) in [6.45, 7) is 3.96. The van der Waals surface area contributed by atoms with E-state index in [1.165, 1.54) is 0 Å². The molecule has 0 radical (unpaired) electrons. The van der Waals surface area contributed by atoms with Gasteiger partial charge in [-0.3, -0.25) is 4.79 Å². The molecule has 0 bridgehead atoms. The average Bonchev–Trinajstić information content (AvgIpc) is 2.51. The van der Waals surface area contributed by atoms with Gasteiger partial charge in [0.2, 0.25) is 0 Å². The Morgan fingerprint density at radius 1 is 1.77 bits per heavy atom. The first kappa shape index (κ1) is 10.7. The second-order valence-electron chi connectivity index (χ2n) is 2.97. The van der Waals surface area contributed by atoms with E-state index in [-0.39, 0.29) is 11.9 Å². The molecular formula is C9H12BrNOS. The summed E-state index contributed by atoms with van der Waals surface area (Å²) in [4.78, 5) is 12.7. The lowest BCUT2D eigenvalue weighted by molar-refractivity contribution is 0.0944. The van der Waals surface area contributed by atoms with Crippen LogP contribution in [0.4, 0.5) is 0 Å². The second kappa shape index (κ2) is 4.77. The van der Waals surface area contributed by atoms with Gasteiger partial charge in [0, 0.05) is 21.6 Å². The zero-order valence-electron chi connectivity index (χ0n) is 7.63. The summed E-state index contributed by atoms with van der Waals surface area (Å²) in [5.74, 6) is 0.0105. The molecule has 4 heteroatoms. The first-order valence-corrected chi connectivity index (χ1v) is 6.05. The normalized spacial score (nSPS) is 12.5. The quantitative estimate of drug-likeness (QED) is 0.833. The van der Waals surface area contributed by atoms with E-state index in [4.69, 9.17) is 0 Å². The third kappa shape index (κ3) is 3.12. The van der Waals surface area contributed by atoms with E-state index in [1.807, 2.05) is 25.3 Å². The van der Waals surface area contributed by atoms with Gasteiger partial charge < -0.3 is 5.32 Å². The second-order valence-corrected chi connectivity index (χ2v) is 4.74. The number of halogens is 1. The standard InChI is InChI=1S/C9H12BrNOS/c1-6(4-10)11-9(12)8-3-7(2)13-5-8/h3,5-6H,4H2,1-2H3,(H,11,12). The predicted molar refractivity (Wildman–Crippen MR) is 59.8 cm³/mol. The van der Waals surface area contributed by atoms with E-state index >= 15 is 0 Å². The lowest BCUT2D eigenvalue weighted by Gasteiger charge is -2.08. The van der Waals surface area contributed by atoms with Crippen molar-refractivity contribution in [2.45, 2.75) is 19.9 Å².